The van der Waals surface area contributed by atoms with Gasteiger partial charge < -0.3 is 10.4 Å². The number of carbonyl (C=O) groups is 1. The molecule has 0 unspecified atom stereocenters. The van der Waals surface area contributed by atoms with E-state index in [0.29, 0.717) is 23.0 Å². The van der Waals surface area contributed by atoms with Crippen molar-refractivity contribution in [2.75, 3.05) is 11.9 Å². The average molecular weight is 337 g/mol. The average Bonchev–Trinajstić information content (AvgIpc) is 2.60. The molecule has 0 saturated heterocycles. The van der Waals surface area contributed by atoms with Crippen LogP contribution < -0.4 is 10.9 Å². The van der Waals surface area contributed by atoms with Crippen molar-refractivity contribution < 1.29 is 9.90 Å². The third-order valence-corrected chi connectivity index (χ3v) is 4.01. The molecular weight excluding hydrogens is 318 g/mol. The number of para-hydroxylation sites is 1. The molecule has 0 aliphatic carbocycles. The Morgan fingerprint density at radius 2 is 1.96 bits per heavy atom. The van der Waals surface area contributed by atoms with Crippen LogP contribution in [0.5, 0.6) is 0 Å². The molecule has 0 saturated carbocycles. The Morgan fingerprint density at radius 3 is 2.68 bits per heavy atom. The first-order chi connectivity index (χ1) is 12.1. The molecule has 0 fully saturated rings. The maximum Gasteiger partial charge on any atom is 0.261 e. The van der Waals surface area contributed by atoms with Crippen LogP contribution in [0.1, 0.15) is 11.1 Å². The van der Waals surface area contributed by atoms with Crippen molar-refractivity contribution in [2.24, 2.45) is 0 Å². The fourth-order valence-electron chi connectivity index (χ4n) is 2.69. The molecule has 0 aliphatic heterocycles. The monoisotopic (exact) mass is 337 g/mol. The SMILES string of the molecule is Cc1cccc2c(=O)n(CC(=O)Nc3ccc(CCO)cc3)cnc12. The topological polar surface area (TPSA) is 84.2 Å². The molecule has 1 aromatic heterocycles. The van der Waals surface area contributed by atoms with Crippen molar-refractivity contribution in [3.63, 3.8) is 0 Å². The van der Waals surface area contributed by atoms with Crippen molar-refractivity contribution >= 4 is 22.5 Å². The van der Waals surface area contributed by atoms with Crippen LogP contribution in [-0.4, -0.2) is 27.2 Å². The molecule has 0 aliphatic rings. The summed E-state index contributed by atoms with van der Waals surface area (Å²) in [5, 5.41) is 12.2. The number of nitrogens with zero attached hydrogens (tertiary/aromatic N) is 2. The van der Waals surface area contributed by atoms with Crippen molar-refractivity contribution in [1.82, 2.24) is 9.55 Å². The van der Waals surface area contributed by atoms with Gasteiger partial charge in [0.2, 0.25) is 5.91 Å². The van der Waals surface area contributed by atoms with E-state index < -0.39 is 0 Å². The van der Waals surface area contributed by atoms with Gasteiger partial charge >= 0.3 is 0 Å². The first kappa shape index (κ1) is 16.9. The molecule has 6 nitrogen and oxygen atoms in total. The molecular formula is C19H19N3O3. The van der Waals surface area contributed by atoms with Crippen molar-refractivity contribution in [2.45, 2.75) is 19.9 Å². The van der Waals surface area contributed by atoms with E-state index in [4.69, 9.17) is 5.11 Å². The van der Waals surface area contributed by atoms with Gasteiger partial charge in [0, 0.05) is 12.3 Å². The molecule has 128 valence electrons. The summed E-state index contributed by atoms with van der Waals surface area (Å²) >= 11 is 0. The number of nitrogens with one attached hydrogen (secondary N) is 1. The van der Waals surface area contributed by atoms with Gasteiger partial charge in [-0.1, -0.05) is 24.3 Å². The van der Waals surface area contributed by atoms with E-state index >= 15 is 0 Å². The second-order valence-electron chi connectivity index (χ2n) is 5.87. The predicted molar refractivity (Wildman–Crippen MR) is 96.6 cm³/mol. The molecule has 2 aromatic carbocycles. The minimum atomic E-state index is -0.300. The summed E-state index contributed by atoms with van der Waals surface area (Å²) in [5.41, 5.74) is 2.98. The summed E-state index contributed by atoms with van der Waals surface area (Å²) in [6, 6.07) is 12.6. The van der Waals surface area contributed by atoms with Gasteiger partial charge in [0.15, 0.2) is 0 Å². The van der Waals surface area contributed by atoms with E-state index in [1.807, 2.05) is 25.1 Å². The molecule has 2 N–H and O–H groups in total. The third-order valence-electron chi connectivity index (χ3n) is 4.01. The van der Waals surface area contributed by atoms with Gasteiger partial charge in [0.05, 0.1) is 17.2 Å². The highest BCUT2D eigenvalue weighted by Gasteiger charge is 2.09. The number of anilines is 1. The zero-order valence-electron chi connectivity index (χ0n) is 13.9. The summed E-state index contributed by atoms with van der Waals surface area (Å²) in [4.78, 5) is 29.0. The third kappa shape index (κ3) is 3.75. The highest BCUT2D eigenvalue weighted by molar-refractivity contribution is 5.90. The number of amides is 1. The van der Waals surface area contributed by atoms with E-state index in [2.05, 4.69) is 10.3 Å². The van der Waals surface area contributed by atoms with Gasteiger partial charge in [-0.2, -0.15) is 0 Å². The summed E-state index contributed by atoms with van der Waals surface area (Å²) in [5.74, 6) is -0.300. The summed E-state index contributed by atoms with van der Waals surface area (Å²) in [7, 11) is 0. The quantitative estimate of drug-likeness (QED) is 0.744. The van der Waals surface area contributed by atoms with Gasteiger partial charge in [0.25, 0.3) is 5.56 Å². The van der Waals surface area contributed by atoms with Crippen LogP contribution in [-0.2, 0) is 17.8 Å². The van der Waals surface area contributed by atoms with Gasteiger partial charge in [-0.25, -0.2) is 4.98 Å². The summed E-state index contributed by atoms with van der Waals surface area (Å²) in [6.45, 7) is 1.88. The first-order valence-corrected chi connectivity index (χ1v) is 8.03. The highest BCUT2D eigenvalue weighted by atomic mass is 16.3. The number of aliphatic hydroxyl groups excluding tert-OH is 1. The Labute approximate surface area is 144 Å². The smallest absolute Gasteiger partial charge is 0.261 e. The van der Waals surface area contributed by atoms with Crippen LogP contribution in [0.2, 0.25) is 0 Å². The number of benzene rings is 2. The van der Waals surface area contributed by atoms with E-state index in [1.165, 1.54) is 10.9 Å². The summed E-state index contributed by atoms with van der Waals surface area (Å²) < 4.78 is 1.30. The van der Waals surface area contributed by atoms with Crippen LogP contribution in [0.25, 0.3) is 10.9 Å². The number of fused-ring (bicyclic) bond motifs is 1. The molecule has 1 heterocycles. The standard InChI is InChI=1S/C19H19N3O3/c1-13-3-2-4-16-18(13)20-12-22(19(16)25)11-17(24)21-15-7-5-14(6-8-15)9-10-23/h2-8,12,23H,9-11H2,1H3,(H,21,24). The zero-order valence-corrected chi connectivity index (χ0v) is 13.9. The molecule has 3 rings (SSSR count). The lowest BCUT2D eigenvalue weighted by Gasteiger charge is -2.09. The highest BCUT2D eigenvalue weighted by Crippen LogP contribution is 2.12. The number of aliphatic hydroxyl groups is 1. The Kier molecular flexibility index (Phi) is 4.90. The van der Waals surface area contributed by atoms with Crippen LogP contribution in [0.15, 0.2) is 53.6 Å². The molecule has 25 heavy (non-hydrogen) atoms. The maximum absolute atomic E-state index is 12.5. The van der Waals surface area contributed by atoms with E-state index in [9.17, 15) is 9.59 Å². The van der Waals surface area contributed by atoms with Crippen molar-refractivity contribution in [3.8, 4) is 0 Å². The van der Waals surface area contributed by atoms with Crippen molar-refractivity contribution in [3.05, 3.63) is 70.3 Å². The van der Waals surface area contributed by atoms with E-state index in [0.717, 1.165) is 11.1 Å². The number of rotatable bonds is 5. The molecule has 0 radical (unpaired) electrons. The van der Waals surface area contributed by atoms with Crippen LogP contribution in [0, 0.1) is 6.92 Å². The molecule has 0 bridgehead atoms. The van der Waals surface area contributed by atoms with Gasteiger partial charge in [-0.05, 0) is 42.7 Å². The van der Waals surface area contributed by atoms with Gasteiger partial charge in [0.1, 0.15) is 6.54 Å². The minimum absolute atomic E-state index is 0.0864. The Morgan fingerprint density at radius 1 is 1.20 bits per heavy atom. The van der Waals surface area contributed by atoms with Crippen molar-refractivity contribution in [1.29, 1.82) is 0 Å². The lowest BCUT2D eigenvalue weighted by atomic mass is 10.1. The van der Waals surface area contributed by atoms with Crippen LogP contribution in [0.4, 0.5) is 5.69 Å². The molecule has 3 aromatic rings. The number of carbonyl (C=O) groups excluding carboxylic acids is 1. The Balaban J connectivity index is 1.76. The Hall–Kier alpha value is -2.99. The normalized spacial score (nSPS) is 10.8. The molecule has 0 atom stereocenters. The lowest BCUT2D eigenvalue weighted by Crippen LogP contribution is -2.28. The molecule has 0 spiro atoms. The lowest BCUT2D eigenvalue weighted by molar-refractivity contribution is -0.116. The summed E-state index contributed by atoms with van der Waals surface area (Å²) in [6.07, 6.45) is 1.98. The van der Waals surface area contributed by atoms with Gasteiger partial charge in [-0.15, -0.1) is 0 Å². The molecule has 6 heteroatoms. The first-order valence-electron chi connectivity index (χ1n) is 8.03. The predicted octanol–water partition coefficient (Wildman–Crippen LogP) is 1.88. The van der Waals surface area contributed by atoms with Crippen LogP contribution in [0.3, 0.4) is 0 Å². The fraction of sp³-hybridized carbons (Fsp3) is 0.211. The number of aryl methyl sites for hydroxylation is 1. The maximum atomic E-state index is 12.5. The number of aromatic nitrogens is 2. The van der Waals surface area contributed by atoms with Crippen LogP contribution >= 0.6 is 0 Å². The second kappa shape index (κ2) is 7.27. The minimum Gasteiger partial charge on any atom is -0.396 e. The van der Waals surface area contributed by atoms with E-state index in [1.54, 1.807) is 24.3 Å². The second-order valence-corrected chi connectivity index (χ2v) is 5.87. The van der Waals surface area contributed by atoms with Gasteiger partial charge in [-0.3, -0.25) is 14.2 Å². The number of hydrogen-bond acceptors (Lipinski definition) is 4. The fourth-order valence-corrected chi connectivity index (χ4v) is 2.69. The van der Waals surface area contributed by atoms with E-state index in [-0.39, 0.29) is 24.6 Å². The largest absolute Gasteiger partial charge is 0.396 e. The number of hydrogen-bond donors (Lipinski definition) is 2. The molecule has 1 amide bonds. The Bertz CT molecular complexity index is 962. The zero-order chi connectivity index (χ0) is 17.8.